The minimum absolute atomic E-state index is 0.735. The third-order valence-corrected chi connectivity index (χ3v) is 0.989. The molecule has 6 heteroatoms. The molecular formula is C4H3F2NO3. The third kappa shape index (κ3) is 0.971. The Bertz CT molecular complexity index is 163. The smallest absolute Gasteiger partial charge is 0.285 e. The Balaban J connectivity index is 2.70. The summed E-state index contributed by atoms with van der Waals surface area (Å²) in [5.74, 6) is -3.01. The van der Waals surface area contributed by atoms with Crippen LogP contribution in [0.4, 0.5) is 8.87 Å². The standard InChI is InChI=1S/C4H3F2NO3/c5-2-1-10-7(6)4(9)3(2)8/h2H,1H2. The molecule has 0 bridgehead atoms. The highest BCUT2D eigenvalue weighted by Gasteiger charge is 2.36. The van der Waals surface area contributed by atoms with Gasteiger partial charge in [0.05, 0.1) is 0 Å². The number of halogens is 2. The molecule has 1 rings (SSSR count). The van der Waals surface area contributed by atoms with Crippen molar-refractivity contribution in [3.05, 3.63) is 0 Å². The van der Waals surface area contributed by atoms with E-state index in [2.05, 4.69) is 4.84 Å². The van der Waals surface area contributed by atoms with Crippen molar-refractivity contribution in [3.63, 3.8) is 0 Å². The molecule has 1 unspecified atom stereocenters. The maximum atomic E-state index is 12.1. The highest BCUT2D eigenvalue weighted by Crippen LogP contribution is 2.07. The molecule has 1 aliphatic rings. The Labute approximate surface area is 54.2 Å². The van der Waals surface area contributed by atoms with Crippen LogP contribution >= 0.6 is 0 Å². The van der Waals surface area contributed by atoms with Crippen molar-refractivity contribution in [2.45, 2.75) is 6.17 Å². The van der Waals surface area contributed by atoms with Gasteiger partial charge in [-0.1, -0.05) is 4.48 Å². The molecule has 0 aromatic rings. The van der Waals surface area contributed by atoms with Crippen molar-refractivity contribution in [2.75, 3.05) is 6.61 Å². The van der Waals surface area contributed by atoms with E-state index < -0.39 is 29.8 Å². The van der Waals surface area contributed by atoms with Crippen molar-refractivity contribution in [1.29, 1.82) is 0 Å². The zero-order valence-electron chi connectivity index (χ0n) is 4.71. The van der Waals surface area contributed by atoms with Crippen molar-refractivity contribution < 1.29 is 23.3 Å². The van der Waals surface area contributed by atoms with Crippen LogP contribution in [0.2, 0.25) is 0 Å². The average molecular weight is 151 g/mol. The summed E-state index contributed by atoms with van der Waals surface area (Å²) in [6.45, 7) is -0.735. The first-order valence-electron chi connectivity index (χ1n) is 2.44. The Morgan fingerprint density at radius 1 is 1.60 bits per heavy atom. The van der Waals surface area contributed by atoms with Crippen LogP contribution in [0.5, 0.6) is 0 Å². The van der Waals surface area contributed by atoms with Crippen LogP contribution < -0.4 is 0 Å². The van der Waals surface area contributed by atoms with Gasteiger partial charge in [0.15, 0.2) is 6.17 Å². The normalized spacial score (nSPS) is 27.4. The Morgan fingerprint density at radius 3 is 2.70 bits per heavy atom. The van der Waals surface area contributed by atoms with E-state index in [1.54, 1.807) is 0 Å². The fourth-order valence-electron chi connectivity index (χ4n) is 0.486. The summed E-state index contributed by atoms with van der Waals surface area (Å²) < 4.78 is 24.0. The quantitative estimate of drug-likeness (QED) is 0.348. The average Bonchev–Trinajstić information content (AvgIpc) is 1.93. The molecule has 0 spiro atoms. The van der Waals surface area contributed by atoms with Crippen LogP contribution in [0.3, 0.4) is 0 Å². The number of nitrogens with zero attached hydrogens (tertiary/aromatic N) is 1. The summed E-state index contributed by atoms with van der Waals surface area (Å²) in [5, 5.41) is -0.765. The minimum Gasteiger partial charge on any atom is -0.285 e. The lowest BCUT2D eigenvalue weighted by atomic mass is 10.2. The third-order valence-electron chi connectivity index (χ3n) is 0.989. The van der Waals surface area contributed by atoms with Gasteiger partial charge in [0, 0.05) is 0 Å². The van der Waals surface area contributed by atoms with E-state index in [0.29, 0.717) is 0 Å². The molecule has 0 saturated carbocycles. The van der Waals surface area contributed by atoms with Gasteiger partial charge in [0.2, 0.25) is 0 Å². The van der Waals surface area contributed by atoms with Crippen molar-refractivity contribution in [2.24, 2.45) is 0 Å². The largest absolute Gasteiger partial charge is 0.347 e. The molecule has 1 amide bonds. The molecular weight excluding hydrogens is 148 g/mol. The van der Waals surface area contributed by atoms with Crippen LogP contribution in [-0.4, -0.2) is 29.8 Å². The summed E-state index contributed by atoms with van der Waals surface area (Å²) in [6.07, 6.45) is -2.03. The van der Waals surface area contributed by atoms with Crippen molar-refractivity contribution in [3.8, 4) is 0 Å². The molecule has 1 fully saturated rings. The Morgan fingerprint density at radius 2 is 2.20 bits per heavy atom. The van der Waals surface area contributed by atoms with Crippen LogP contribution in [0, 0.1) is 0 Å². The number of carbonyl (C=O) groups is 2. The number of hydrogen-bond acceptors (Lipinski definition) is 3. The number of amides is 1. The second-order valence-corrected chi connectivity index (χ2v) is 1.68. The van der Waals surface area contributed by atoms with E-state index in [4.69, 9.17) is 0 Å². The molecule has 1 heterocycles. The summed E-state index contributed by atoms with van der Waals surface area (Å²) in [4.78, 5) is 24.2. The number of hydroxylamine groups is 1. The van der Waals surface area contributed by atoms with Gasteiger partial charge in [-0.3, -0.25) is 9.59 Å². The first-order valence-corrected chi connectivity index (χ1v) is 2.44. The Hall–Kier alpha value is -1.04. The zero-order chi connectivity index (χ0) is 7.72. The first kappa shape index (κ1) is 7.07. The van der Waals surface area contributed by atoms with Gasteiger partial charge in [-0.2, -0.15) is 0 Å². The van der Waals surface area contributed by atoms with Crippen LogP contribution in [0.1, 0.15) is 0 Å². The molecule has 0 N–H and O–H groups in total. The molecule has 0 radical (unpaired) electrons. The topological polar surface area (TPSA) is 46.6 Å². The number of Topliss-reactive ketones (excluding diaryl/α,β-unsaturated/α-hetero) is 1. The minimum atomic E-state index is -2.03. The van der Waals surface area contributed by atoms with Crippen LogP contribution in [-0.2, 0) is 14.4 Å². The molecule has 1 atom stereocenters. The van der Waals surface area contributed by atoms with Crippen LogP contribution in [0.25, 0.3) is 0 Å². The van der Waals surface area contributed by atoms with Crippen LogP contribution in [0.15, 0.2) is 0 Å². The fourth-order valence-corrected chi connectivity index (χ4v) is 0.486. The summed E-state index contributed by atoms with van der Waals surface area (Å²) in [5.41, 5.74) is 0. The predicted molar refractivity (Wildman–Crippen MR) is 23.8 cm³/mol. The second kappa shape index (κ2) is 2.30. The van der Waals surface area contributed by atoms with Crippen molar-refractivity contribution >= 4 is 11.7 Å². The number of hydrogen-bond donors (Lipinski definition) is 0. The summed E-state index contributed by atoms with van der Waals surface area (Å²) in [6, 6.07) is 0. The Kier molecular flexibility index (Phi) is 1.62. The fraction of sp³-hybridized carbons (Fsp3) is 0.500. The SMILES string of the molecule is O=C1C(=O)N(F)OCC1F. The van der Waals surface area contributed by atoms with Gasteiger partial charge in [-0.15, -0.1) is 0 Å². The number of ketones is 1. The monoisotopic (exact) mass is 151 g/mol. The van der Waals surface area contributed by atoms with Gasteiger partial charge < -0.3 is 0 Å². The molecule has 4 nitrogen and oxygen atoms in total. The molecule has 0 aromatic carbocycles. The molecule has 1 saturated heterocycles. The molecule has 0 aliphatic carbocycles. The number of alkyl halides is 1. The second-order valence-electron chi connectivity index (χ2n) is 1.68. The maximum absolute atomic E-state index is 12.1. The van der Waals surface area contributed by atoms with Crippen molar-refractivity contribution in [1.82, 2.24) is 5.29 Å². The molecule has 10 heavy (non-hydrogen) atoms. The van der Waals surface area contributed by atoms with Gasteiger partial charge in [0.25, 0.3) is 5.78 Å². The lowest BCUT2D eigenvalue weighted by molar-refractivity contribution is -0.276. The van der Waals surface area contributed by atoms with E-state index in [1.807, 2.05) is 0 Å². The lowest BCUT2D eigenvalue weighted by Crippen LogP contribution is -2.44. The summed E-state index contributed by atoms with van der Waals surface area (Å²) in [7, 11) is 0. The highest BCUT2D eigenvalue weighted by molar-refractivity contribution is 6.37. The zero-order valence-corrected chi connectivity index (χ0v) is 4.71. The van der Waals surface area contributed by atoms with Gasteiger partial charge in [0.1, 0.15) is 6.61 Å². The first-order chi connectivity index (χ1) is 4.63. The molecule has 56 valence electrons. The van der Waals surface area contributed by atoms with E-state index in [0.717, 1.165) is 0 Å². The molecule has 1 aliphatic heterocycles. The maximum Gasteiger partial charge on any atom is 0.347 e. The van der Waals surface area contributed by atoms with E-state index in [9.17, 15) is 18.5 Å². The number of carbonyl (C=O) groups excluding carboxylic acids is 2. The van der Waals surface area contributed by atoms with Gasteiger partial charge in [-0.05, 0) is 5.29 Å². The van der Waals surface area contributed by atoms with E-state index in [1.165, 1.54) is 0 Å². The molecule has 0 aromatic heterocycles. The summed E-state index contributed by atoms with van der Waals surface area (Å²) >= 11 is 0. The van der Waals surface area contributed by atoms with E-state index >= 15 is 0 Å². The predicted octanol–water partition coefficient (Wildman–Crippen LogP) is -0.448. The highest BCUT2D eigenvalue weighted by atomic mass is 19.2. The number of rotatable bonds is 0. The van der Waals surface area contributed by atoms with Gasteiger partial charge >= 0.3 is 5.91 Å². The van der Waals surface area contributed by atoms with Gasteiger partial charge in [-0.25, -0.2) is 9.23 Å². The van der Waals surface area contributed by atoms with E-state index in [-0.39, 0.29) is 0 Å². The lowest BCUT2D eigenvalue weighted by Gasteiger charge is -2.17.